The molecule has 0 unspecified atom stereocenters. The summed E-state index contributed by atoms with van der Waals surface area (Å²) in [4.78, 5) is 27.6. The maximum absolute atomic E-state index is 9.79. The van der Waals surface area contributed by atoms with Gasteiger partial charge in [-0.1, -0.05) is 175 Å². The first-order chi connectivity index (χ1) is 21.6. The number of hydrogen-bond acceptors (Lipinski definition) is 6. The Labute approximate surface area is 281 Å². The van der Waals surface area contributed by atoms with Gasteiger partial charge in [-0.05, 0) is 36.8 Å². The lowest BCUT2D eigenvalue weighted by Gasteiger charge is -2.23. The zero-order chi connectivity index (χ0) is 33.6. The number of hydrogen-bond donors (Lipinski definition) is 3. The second kappa shape index (κ2) is 31.0. The van der Waals surface area contributed by atoms with Crippen LogP contribution in [0.15, 0.2) is 18.2 Å². The molecule has 6 nitrogen and oxygen atoms in total. The molecule has 3 N–H and O–H groups in total. The van der Waals surface area contributed by atoms with Crippen molar-refractivity contribution in [1.82, 2.24) is 0 Å². The molecular formula is C37H72O6P2. The highest BCUT2D eigenvalue weighted by molar-refractivity contribution is 7.40. The molecule has 8 heteroatoms. The summed E-state index contributed by atoms with van der Waals surface area (Å²) >= 11 is 0. The van der Waals surface area contributed by atoms with Crippen molar-refractivity contribution in [3.63, 3.8) is 0 Å². The summed E-state index contributed by atoms with van der Waals surface area (Å²) in [5, 5.41) is 0. The van der Waals surface area contributed by atoms with E-state index in [9.17, 15) is 4.89 Å². The zero-order valence-corrected chi connectivity index (χ0v) is 32.0. The first-order valence-corrected chi connectivity index (χ1v) is 20.6. The SMILES string of the molecule is CCCCCCCCCCCCCOP(O)OCCCCCCCCCCCCC.Cc1ccc(C(C)(C)C)c(OP(O)O)c1. The lowest BCUT2D eigenvalue weighted by molar-refractivity contribution is 0.193. The van der Waals surface area contributed by atoms with Crippen molar-refractivity contribution in [2.75, 3.05) is 13.2 Å². The summed E-state index contributed by atoms with van der Waals surface area (Å²) < 4.78 is 15.9. The van der Waals surface area contributed by atoms with Gasteiger partial charge in [0, 0.05) is 5.56 Å². The van der Waals surface area contributed by atoms with Gasteiger partial charge in [0.15, 0.2) is 0 Å². The van der Waals surface area contributed by atoms with Crippen LogP contribution < -0.4 is 4.52 Å². The van der Waals surface area contributed by atoms with Crippen LogP contribution in [0.1, 0.15) is 187 Å². The Hall–Kier alpha value is -0.320. The number of benzene rings is 1. The lowest BCUT2D eigenvalue weighted by Crippen LogP contribution is -2.12. The van der Waals surface area contributed by atoms with E-state index in [4.69, 9.17) is 23.4 Å². The molecule has 0 atom stereocenters. The Balaban J connectivity index is 0.00000107. The highest BCUT2D eigenvalue weighted by Crippen LogP contribution is 2.38. The van der Waals surface area contributed by atoms with Crippen molar-refractivity contribution >= 4 is 17.2 Å². The van der Waals surface area contributed by atoms with Gasteiger partial charge in [-0.15, -0.1) is 0 Å². The third-order valence-corrected chi connectivity index (χ3v) is 9.19. The monoisotopic (exact) mass is 674 g/mol. The molecule has 266 valence electrons. The van der Waals surface area contributed by atoms with E-state index in [2.05, 4.69) is 34.6 Å². The fraction of sp³-hybridized carbons (Fsp3) is 0.838. The topological polar surface area (TPSA) is 88.4 Å². The van der Waals surface area contributed by atoms with E-state index in [1.807, 2.05) is 25.1 Å². The molecule has 0 amide bonds. The van der Waals surface area contributed by atoms with E-state index >= 15 is 0 Å². The zero-order valence-electron chi connectivity index (χ0n) is 30.2. The van der Waals surface area contributed by atoms with Gasteiger partial charge in [-0.2, -0.15) is 0 Å². The fourth-order valence-electron chi connectivity index (χ4n) is 5.27. The average molecular weight is 675 g/mol. The highest BCUT2D eigenvalue weighted by Gasteiger charge is 2.20. The third kappa shape index (κ3) is 29.5. The van der Waals surface area contributed by atoms with Crippen LogP contribution in [0.4, 0.5) is 0 Å². The molecule has 0 heterocycles. The lowest BCUT2D eigenvalue weighted by atomic mass is 9.86. The van der Waals surface area contributed by atoms with Crippen LogP contribution in [0.5, 0.6) is 5.75 Å². The van der Waals surface area contributed by atoms with Gasteiger partial charge in [0.25, 0.3) is 0 Å². The van der Waals surface area contributed by atoms with Crippen molar-refractivity contribution < 1.29 is 28.3 Å². The van der Waals surface area contributed by atoms with Crippen molar-refractivity contribution in [3.8, 4) is 5.75 Å². The average Bonchev–Trinajstić information content (AvgIpc) is 2.97. The molecule has 0 saturated heterocycles. The summed E-state index contributed by atoms with van der Waals surface area (Å²) in [6.07, 6.45) is 29.3. The van der Waals surface area contributed by atoms with E-state index < -0.39 is 17.2 Å². The van der Waals surface area contributed by atoms with Crippen molar-refractivity contribution in [2.24, 2.45) is 0 Å². The van der Waals surface area contributed by atoms with Crippen LogP contribution >= 0.6 is 17.2 Å². The van der Waals surface area contributed by atoms with Crippen LogP contribution in [-0.2, 0) is 14.5 Å². The maximum atomic E-state index is 9.79. The molecule has 0 aliphatic rings. The molecule has 1 aromatic carbocycles. The maximum Gasteiger partial charge on any atom is 0.391 e. The minimum Gasteiger partial charge on any atom is -0.427 e. The van der Waals surface area contributed by atoms with E-state index in [0.717, 1.165) is 24.0 Å². The first-order valence-electron chi connectivity index (χ1n) is 18.3. The predicted octanol–water partition coefficient (Wildman–Crippen LogP) is 12.7. The third-order valence-electron chi connectivity index (χ3n) is 8.02. The van der Waals surface area contributed by atoms with Gasteiger partial charge in [0.2, 0.25) is 0 Å². The molecule has 0 bridgehead atoms. The van der Waals surface area contributed by atoms with Gasteiger partial charge in [-0.3, -0.25) is 0 Å². The van der Waals surface area contributed by atoms with Crippen LogP contribution in [0, 0.1) is 6.92 Å². The largest absolute Gasteiger partial charge is 0.427 e. The van der Waals surface area contributed by atoms with Gasteiger partial charge in [0.1, 0.15) is 5.75 Å². The predicted molar refractivity (Wildman–Crippen MR) is 196 cm³/mol. The molecule has 0 aliphatic heterocycles. The molecule has 45 heavy (non-hydrogen) atoms. The first kappa shape index (κ1) is 44.7. The summed E-state index contributed by atoms with van der Waals surface area (Å²) in [5.74, 6) is 0.554. The van der Waals surface area contributed by atoms with Crippen molar-refractivity contribution in [2.45, 2.75) is 188 Å². The summed E-state index contributed by atoms with van der Waals surface area (Å²) in [6.45, 7) is 13.9. The van der Waals surface area contributed by atoms with Crippen molar-refractivity contribution in [1.29, 1.82) is 0 Å². The van der Waals surface area contributed by atoms with E-state index in [1.165, 1.54) is 128 Å². The second-order valence-electron chi connectivity index (χ2n) is 13.6. The molecule has 0 fully saturated rings. The Morgan fingerprint density at radius 1 is 0.556 bits per heavy atom. The molecule has 1 aromatic rings. The Morgan fingerprint density at radius 3 is 1.24 bits per heavy atom. The van der Waals surface area contributed by atoms with Crippen LogP contribution in [0.2, 0.25) is 0 Å². The molecular weight excluding hydrogens is 602 g/mol. The van der Waals surface area contributed by atoms with Gasteiger partial charge >= 0.3 is 17.2 Å². The minimum atomic E-state index is -2.35. The summed E-state index contributed by atoms with van der Waals surface area (Å²) in [7, 11) is -4.01. The smallest absolute Gasteiger partial charge is 0.391 e. The molecule has 0 spiro atoms. The van der Waals surface area contributed by atoms with Gasteiger partial charge in [0.05, 0.1) is 13.2 Å². The van der Waals surface area contributed by atoms with Crippen LogP contribution in [-0.4, -0.2) is 27.9 Å². The van der Waals surface area contributed by atoms with E-state index in [-0.39, 0.29) is 5.41 Å². The number of aryl methyl sites for hydroxylation is 1. The van der Waals surface area contributed by atoms with Gasteiger partial charge in [-0.25, -0.2) is 0 Å². The molecule has 1 rings (SSSR count). The van der Waals surface area contributed by atoms with Crippen LogP contribution in [0.3, 0.4) is 0 Å². The molecule has 0 aromatic heterocycles. The summed E-state index contributed by atoms with van der Waals surface area (Å²) in [6, 6.07) is 5.77. The standard InChI is InChI=1S/C26H55O3P.C11H17O3P/c1-3-5-7-9-11-13-15-17-19-21-23-25-28-30(27)29-26-24-22-20-18-16-14-12-10-8-6-4-2;1-8-5-6-9(11(2,3)4)10(7-8)14-15(12)13/h27H,3-26H2,1-2H3;5-7,12-13H,1-4H3. The fourth-order valence-corrected chi connectivity index (χ4v) is 6.24. The van der Waals surface area contributed by atoms with Gasteiger partial charge < -0.3 is 28.3 Å². The normalized spacial score (nSPS) is 11.7. The summed E-state index contributed by atoms with van der Waals surface area (Å²) in [5.41, 5.74) is 1.94. The molecule has 0 aliphatic carbocycles. The second-order valence-corrected chi connectivity index (χ2v) is 15.2. The minimum absolute atomic E-state index is 0.0750. The number of rotatable bonds is 28. The highest BCUT2D eigenvalue weighted by atomic mass is 31.2. The van der Waals surface area contributed by atoms with Crippen LogP contribution in [0.25, 0.3) is 0 Å². The number of unbranched alkanes of at least 4 members (excludes halogenated alkanes) is 20. The van der Waals surface area contributed by atoms with Crippen molar-refractivity contribution in [3.05, 3.63) is 29.3 Å². The molecule has 0 saturated carbocycles. The quantitative estimate of drug-likeness (QED) is 0.0605. The Morgan fingerprint density at radius 2 is 0.911 bits per heavy atom. The Kier molecular flexibility index (Phi) is 30.8. The van der Waals surface area contributed by atoms with E-state index in [1.54, 1.807) is 0 Å². The Bertz CT molecular complexity index is 744. The van der Waals surface area contributed by atoms with E-state index in [0.29, 0.717) is 19.0 Å². The molecule has 0 radical (unpaired) electrons.